The van der Waals surface area contributed by atoms with Gasteiger partial charge in [-0.3, -0.25) is 0 Å². The van der Waals surface area contributed by atoms with E-state index in [0.29, 0.717) is 0 Å². The van der Waals surface area contributed by atoms with Crippen LogP contribution in [-0.4, -0.2) is 10.7 Å². The molecule has 0 bridgehead atoms. The van der Waals surface area contributed by atoms with Crippen molar-refractivity contribution < 1.29 is 5.11 Å². The van der Waals surface area contributed by atoms with Gasteiger partial charge in [-0.15, -0.1) is 0 Å². The molecule has 0 radical (unpaired) electrons. The van der Waals surface area contributed by atoms with Gasteiger partial charge in [-0.25, -0.2) is 0 Å². The van der Waals surface area contributed by atoms with Gasteiger partial charge in [-0.05, 0) is 43.2 Å². The summed E-state index contributed by atoms with van der Waals surface area (Å²) in [6, 6.07) is 12.3. The number of rotatable bonds is 0. The lowest BCUT2D eigenvalue weighted by atomic mass is 10.00. The van der Waals surface area contributed by atoms with Gasteiger partial charge in [0, 0.05) is 5.56 Å². The fourth-order valence-corrected chi connectivity index (χ4v) is 1.78. The molecule has 0 unspecified atom stereocenters. The Morgan fingerprint density at radius 1 is 1.00 bits per heavy atom. The highest BCUT2D eigenvalue weighted by atomic mass is 16.3. The highest BCUT2D eigenvalue weighted by Crippen LogP contribution is 2.21. The van der Waals surface area contributed by atoms with Crippen LogP contribution in [0.25, 0.3) is 10.8 Å². The number of aliphatic hydroxyl groups is 1. The van der Waals surface area contributed by atoms with Crippen LogP contribution in [0.4, 0.5) is 0 Å². The summed E-state index contributed by atoms with van der Waals surface area (Å²) in [7, 11) is 0. The minimum Gasteiger partial charge on any atom is -0.378 e. The van der Waals surface area contributed by atoms with Crippen molar-refractivity contribution in [1.29, 1.82) is 0 Å². The minimum absolute atomic E-state index is 0.952. The van der Waals surface area contributed by atoms with Crippen LogP contribution in [-0.2, 0) is 0 Å². The van der Waals surface area contributed by atoms with Gasteiger partial charge >= 0.3 is 0 Å². The topological polar surface area (TPSA) is 20.2 Å². The second kappa shape index (κ2) is 4.24. The van der Waals surface area contributed by atoms with Crippen LogP contribution < -0.4 is 0 Å². The molecule has 0 saturated carbocycles. The maximum Gasteiger partial charge on any atom is 0.120 e. The number of hydrogen-bond acceptors (Lipinski definition) is 1. The standard InChI is InChI=1S/C16H16O/c1-12-8-9-13(10-11-16(2,3)17)15-7-5-4-6-14(12)15/h4-9,17H,1-3H3. The largest absolute Gasteiger partial charge is 0.378 e. The van der Waals surface area contributed by atoms with Gasteiger partial charge in [0.2, 0.25) is 0 Å². The Labute approximate surface area is 102 Å². The van der Waals surface area contributed by atoms with E-state index >= 15 is 0 Å². The summed E-state index contributed by atoms with van der Waals surface area (Å²) < 4.78 is 0. The average Bonchev–Trinajstić information content (AvgIpc) is 2.27. The Morgan fingerprint density at radius 2 is 1.65 bits per heavy atom. The van der Waals surface area contributed by atoms with Gasteiger partial charge < -0.3 is 5.11 Å². The molecule has 2 aromatic rings. The Bertz CT molecular complexity index is 607. The molecule has 1 heteroatoms. The van der Waals surface area contributed by atoms with Crippen molar-refractivity contribution in [3.63, 3.8) is 0 Å². The summed E-state index contributed by atoms with van der Waals surface area (Å²) in [6.07, 6.45) is 0. The van der Waals surface area contributed by atoms with Crippen molar-refractivity contribution in [3.8, 4) is 11.8 Å². The lowest BCUT2D eigenvalue weighted by Gasteiger charge is -2.07. The van der Waals surface area contributed by atoms with E-state index in [4.69, 9.17) is 0 Å². The summed E-state index contributed by atoms with van der Waals surface area (Å²) in [5, 5.41) is 12.0. The van der Waals surface area contributed by atoms with Crippen molar-refractivity contribution in [2.45, 2.75) is 26.4 Å². The predicted molar refractivity (Wildman–Crippen MR) is 71.9 cm³/mol. The third-order valence-electron chi connectivity index (χ3n) is 2.65. The van der Waals surface area contributed by atoms with Gasteiger partial charge in [0.25, 0.3) is 0 Å². The fourth-order valence-electron chi connectivity index (χ4n) is 1.78. The smallest absolute Gasteiger partial charge is 0.120 e. The predicted octanol–water partition coefficient (Wildman–Crippen LogP) is 3.27. The second-order valence-corrected chi connectivity index (χ2v) is 4.78. The molecule has 0 amide bonds. The molecule has 86 valence electrons. The zero-order chi connectivity index (χ0) is 12.5. The first kappa shape index (κ1) is 11.7. The van der Waals surface area contributed by atoms with Crippen LogP contribution in [0, 0.1) is 18.8 Å². The first-order valence-corrected chi connectivity index (χ1v) is 5.71. The van der Waals surface area contributed by atoms with E-state index in [1.807, 2.05) is 18.2 Å². The fraction of sp³-hybridized carbons (Fsp3) is 0.250. The molecule has 0 aliphatic carbocycles. The number of fused-ring (bicyclic) bond motifs is 1. The number of benzene rings is 2. The SMILES string of the molecule is Cc1ccc(C#CC(C)(C)O)c2ccccc12. The maximum absolute atomic E-state index is 9.63. The molecule has 17 heavy (non-hydrogen) atoms. The summed E-state index contributed by atoms with van der Waals surface area (Å²) in [6.45, 7) is 5.47. The summed E-state index contributed by atoms with van der Waals surface area (Å²) >= 11 is 0. The Balaban J connectivity index is 2.63. The molecule has 0 atom stereocenters. The van der Waals surface area contributed by atoms with Crippen molar-refractivity contribution in [2.24, 2.45) is 0 Å². The van der Waals surface area contributed by atoms with Crippen LogP contribution in [0.3, 0.4) is 0 Å². The summed E-state index contributed by atoms with van der Waals surface area (Å²) in [5.41, 5.74) is 1.26. The highest BCUT2D eigenvalue weighted by Gasteiger charge is 2.06. The molecule has 0 aromatic heterocycles. The van der Waals surface area contributed by atoms with Crippen LogP contribution in [0.5, 0.6) is 0 Å². The first-order chi connectivity index (χ1) is 7.97. The Kier molecular flexibility index (Phi) is 2.92. The van der Waals surface area contributed by atoms with Gasteiger partial charge in [-0.1, -0.05) is 42.2 Å². The van der Waals surface area contributed by atoms with Crippen LogP contribution in [0.15, 0.2) is 36.4 Å². The molecular formula is C16H16O. The highest BCUT2D eigenvalue weighted by molar-refractivity contribution is 5.90. The molecule has 0 aliphatic rings. The van der Waals surface area contributed by atoms with Crippen molar-refractivity contribution >= 4 is 10.8 Å². The van der Waals surface area contributed by atoms with E-state index in [1.54, 1.807) is 13.8 Å². The van der Waals surface area contributed by atoms with E-state index in [-0.39, 0.29) is 0 Å². The first-order valence-electron chi connectivity index (χ1n) is 5.71. The molecule has 1 N–H and O–H groups in total. The zero-order valence-electron chi connectivity index (χ0n) is 10.4. The second-order valence-electron chi connectivity index (χ2n) is 4.78. The van der Waals surface area contributed by atoms with Gasteiger partial charge in [0.1, 0.15) is 5.60 Å². The van der Waals surface area contributed by atoms with Crippen LogP contribution in [0.2, 0.25) is 0 Å². The molecule has 0 saturated heterocycles. The lowest BCUT2D eigenvalue weighted by molar-refractivity contribution is 0.143. The molecular weight excluding hydrogens is 208 g/mol. The molecule has 1 nitrogen and oxygen atoms in total. The molecule has 2 aromatic carbocycles. The van der Waals surface area contributed by atoms with Crippen molar-refractivity contribution in [1.82, 2.24) is 0 Å². The third-order valence-corrected chi connectivity index (χ3v) is 2.65. The van der Waals surface area contributed by atoms with Gasteiger partial charge in [0.15, 0.2) is 0 Å². The molecule has 0 aliphatic heterocycles. The van der Waals surface area contributed by atoms with E-state index in [2.05, 4.69) is 37.0 Å². The molecule has 0 spiro atoms. The lowest BCUT2D eigenvalue weighted by Crippen LogP contribution is -2.14. The van der Waals surface area contributed by atoms with Crippen LogP contribution >= 0.6 is 0 Å². The summed E-state index contributed by atoms with van der Waals surface area (Å²) in [4.78, 5) is 0. The monoisotopic (exact) mass is 224 g/mol. The van der Waals surface area contributed by atoms with E-state index in [1.165, 1.54) is 10.9 Å². The normalized spacial score (nSPS) is 11.1. The van der Waals surface area contributed by atoms with Crippen molar-refractivity contribution in [3.05, 3.63) is 47.5 Å². The number of aryl methyl sites for hydroxylation is 1. The van der Waals surface area contributed by atoms with E-state index in [0.717, 1.165) is 10.9 Å². The van der Waals surface area contributed by atoms with Gasteiger partial charge in [-0.2, -0.15) is 0 Å². The summed E-state index contributed by atoms with van der Waals surface area (Å²) in [5.74, 6) is 5.91. The van der Waals surface area contributed by atoms with E-state index < -0.39 is 5.60 Å². The quantitative estimate of drug-likeness (QED) is 0.681. The Morgan fingerprint density at radius 3 is 2.29 bits per heavy atom. The van der Waals surface area contributed by atoms with Crippen molar-refractivity contribution in [2.75, 3.05) is 0 Å². The van der Waals surface area contributed by atoms with Crippen LogP contribution in [0.1, 0.15) is 25.0 Å². The maximum atomic E-state index is 9.63. The minimum atomic E-state index is -0.952. The molecule has 0 heterocycles. The molecule has 2 rings (SSSR count). The zero-order valence-corrected chi connectivity index (χ0v) is 10.4. The number of hydrogen-bond donors (Lipinski definition) is 1. The van der Waals surface area contributed by atoms with E-state index in [9.17, 15) is 5.11 Å². The Hall–Kier alpha value is -1.78. The van der Waals surface area contributed by atoms with Gasteiger partial charge in [0.05, 0.1) is 0 Å². The third kappa shape index (κ3) is 2.67. The molecule has 0 fully saturated rings. The average molecular weight is 224 g/mol.